The van der Waals surface area contributed by atoms with Crippen molar-refractivity contribution in [2.45, 2.75) is 25.8 Å². The van der Waals surface area contributed by atoms with Gasteiger partial charge in [0.25, 0.3) is 0 Å². The van der Waals surface area contributed by atoms with E-state index in [-0.39, 0.29) is 5.56 Å². The van der Waals surface area contributed by atoms with Crippen molar-refractivity contribution < 1.29 is 8.78 Å². The number of hydrogen-bond donors (Lipinski definition) is 1. The number of likely N-dealkylation sites (tertiary alicyclic amines) is 1. The molecule has 2 N–H and O–H groups in total. The van der Waals surface area contributed by atoms with Gasteiger partial charge in [0.2, 0.25) is 0 Å². The van der Waals surface area contributed by atoms with Crippen molar-refractivity contribution in [3.8, 4) is 0 Å². The molecular weight excluding hydrogens is 234 g/mol. The molecule has 4 heteroatoms. The molecule has 2 nitrogen and oxygen atoms in total. The Morgan fingerprint density at radius 1 is 1.33 bits per heavy atom. The number of nitrogens with two attached hydrogens (primary N) is 1. The maximum Gasteiger partial charge on any atom is 0.128 e. The minimum atomic E-state index is -0.464. The van der Waals surface area contributed by atoms with Crippen molar-refractivity contribution in [3.63, 3.8) is 0 Å². The highest BCUT2D eigenvalue weighted by atomic mass is 19.1. The highest BCUT2D eigenvalue weighted by Crippen LogP contribution is 2.21. The van der Waals surface area contributed by atoms with Crippen LogP contribution in [0.3, 0.4) is 0 Å². The molecule has 1 unspecified atom stereocenters. The Labute approximate surface area is 107 Å². The summed E-state index contributed by atoms with van der Waals surface area (Å²) >= 11 is 0. The lowest BCUT2D eigenvalue weighted by Crippen LogP contribution is -2.38. The molecule has 0 spiro atoms. The van der Waals surface area contributed by atoms with E-state index in [0.717, 1.165) is 44.0 Å². The highest BCUT2D eigenvalue weighted by molar-refractivity contribution is 5.22. The molecular formula is C14H20F2N2. The van der Waals surface area contributed by atoms with Crippen molar-refractivity contribution in [3.05, 3.63) is 35.4 Å². The van der Waals surface area contributed by atoms with E-state index in [1.54, 1.807) is 0 Å². The van der Waals surface area contributed by atoms with Crippen molar-refractivity contribution in [1.82, 2.24) is 4.90 Å². The van der Waals surface area contributed by atoms with E-state index in [9.17, 15) is 8.78 Å². The van der Waals surface area contributed by atoms with Crippen LogP contribution < -0.4 is 5.73 Å². The molecule has 100 valence electrons. The van der Waals surface area contributed by atoms with Gasteiger partial charge in [-0.25, -0.2) is 8.78 Å². The first-order valence-corrected chi connectivity index (χ1v) is 6.49. The highest BCUT2D eigenvalue weighted by Gasteiger charge is 2.20. The molecule has 1 aliphatic heterocycles. The van der Waals surface area contributed by atoms with E-state index in [1.807, 2.05) is 0 Å². The summed E-state index contributed by atoms with van der Waals surface area (Å²) in [5.74, 6) is -0.105. The van der Waals surface area contributed by atoms with E-state index >= 15 is 0 Å². The second-order valence-corrected chi connectivity index (χ2v) is 5.26. The second-order valence-electron chi connectivity index (χ2n) is 5.26. The zero-order valence-electron chi connectivity index (χ0n) is 10.7. The number of piperidine rings is 1. The van der Waals surface area contributed by atoms with E-state index in [1.165, 1.54) is 6.07 Å². The number of rotatable bonds is 3. The van der Waals surface area contributed by atoms with Crippen LogP contribution in [0.1, 0.15) is 31.4 Å². The normalized spacial score (nSPS) is 20.0. The third-order valence-corrected chi connectivity index (χ3v) is 3.69. The Balaban J connectivity index is 1.98. The zero-order chi connectivity index (χ0) is 13.1. The first kappa shape index (κ1) is 13.4. The summed E-state index contributed by atoms with van der Waals surface area (Å²) < 4.78 is 26.7. The Morgan fingerprint density at radius 2 is 2.00 bits per heavy atom. The van der Waals surface area contributed by atoms with Crippen molar-refractivity contribution in [2.75, 3.05) is 19.6 Å². The van der Waals surface area contributed by atoms with E-state index < -0.39 is 17.7 Å². The van der Waals surface area contributed by atoms with Gasteiger partial charge >= 0.3 is 0 Å². The molecule has 0 aliphatic carbocycles. The predicted octanol–water partition coefficient (Wildman–Crippen LogP) is 2.70. The van der Waals surface area contributed by atoms with Crippen LogP contribution in [-0.4, -0.2) is 24.5 Å². The molecule has 1 heterocycles. The van der Waals surface area contributed by atoms with E-state index in [4.69, 9.17) is 5.73 Å². The van der Waals surface area contributed by atoms with Crippen LogP contribution in [-0.2, 0) is 0 Å². The van der Waals surface area contributed by atoms with Crippen molar-refractivity contribution >= 4 is 0 Å². The fourth-order valence-corrected chi connectivity index (χ4v) is 2.42. The third-order valence-electron chi connectivity index (χ3n) is 3.69. The molecule has 1 saturated heterocycles. The second kappa shape index (κ2) is 5.76. The number of nitrogens with zero attached hydrogens (tertiary/aromatic N) is 1. The van der Waals surface area contributed by atoms with Crippen molar-refractivity contribution in [2.24, 2.45) is 11.7 Å². The van der Waals surface area contributed by atoms with Gasteiger partial charge in [-0.2, -0.15) is 0 Å². The summed E-state index contributed by atoms with van der Waals surface area (Å²) in [6, 6.07) is 3.00. The molecule has 1 aromatic rings. The minimum Gasteiger partial charge on any atom is -0.323 e. The lowest BCUT2D eigenvalue weighted by atomic mass is 9.98. The van der Waals surface area contributed by atoms with Crippen LogP contribution in [0.2, 0.25) is 0 Å². The van der Waals surface area contributed by atoms with Crippen LogP contribution >= 0.6 is 0 Å². The number of halogens is 2. The smallest absolute Gasteiger partial charge is 0.128 e. The largest absolute Gasteiger partial charge is 0.323 e. The average Bonchev–Trinajstić information content (AvgIpc) is 2.35. The minimum absolute atomic E-state index is 0.272. The van der Waals surface area contributed by atoms with Gasteiger partial charge in [-0.05, 0) is 50.0 Å². The average molecular weight is 254 g/mol. The summed E-state index contributed by atoms with van der Waals surface area (Å²) in [4.78, 5) is 2.23. The molecule has 18 heavy (non-hydrogen) atoms. The fourth-order valence-electron chi connectivity index (χ4n) is 2.42. The Hall–Kier alpha value is -1.00. The Kier molecular flexibility index (Phi) is 4.30. The summed E-state index contributed by atoms with van der Waals surface area (Å²) in [6.45, 7) is 4.81. The molecule has 1 fully saturated rings. The fraction of sp³-hybridized carbons (Fsp3) is 0.571. The number of hydrogen-bond acceptors (Lipinski definition) is 2. The lowest BCUT2D eigenvalue weighted by molar-refractivity contribution is 0.182. The zero-order valence-corrected chi connectivity index (χ0v) is 10.7. The van der Waals surface area contributed by atoms with Gasteiger partial charge in [0.1, 0.15) is 11.6 Å². The van der Waals surface area contributed by atoms with Gasteiger partial charge in [0.05, 0.1) is 0 Å². The van der Waals surface area contributed by atoms with E-state index in [0.29, 0.717) is 6.54 Å². The first-order chi connectivity index (χ1) is 8.56. The van der Waals surface area contributed by atoms with Gasteiger partial charge in [-0.15, -0.1) is 0 Å². The van der Waals surface area contributed by atoms with Crippen LogP contribution in [0.4, 0.5) is 8.78 Å². The van der Waals surface area contributed by atoms with Gasteiger partial charge in [-0.3, -0.25) is 0 Å². The topological polar surface area (TPSA) is 29.3 Å². The standard InChI is InChI=1S/C14H20F2N2/c1-10-4-6-18(7-5-10)9-14(17)12-8-11(15)2-3-13(12)16/h2-3,8,10,14H,4-7,9,17H2,1H3. The van der Waals surface area contributed by atoms with Crippen LogP contribution in [0, 0.1) is 17.6 Å². The Bertz CT molecular complexity index is 401. The Morgan fingerprint density at radius 3 is 2.67 bits per heavy atom. The molecule has 0 saturated carbocycles. The van der Waals surface area contributed by atoms with Gasteiger partial charge < -0.3 is 10.6 Å². The quantitative estimate of drug-likeness (QED) is 0.898. The summed E-state index contributed by atoms with van der Waals surface area (Å²) in [6.07, 6.45) is 2.30. The molecule has 1 aromatic carbocycles. The maximum absolute atomic E-state index is 13.6. The first-order valence-electron chi connectivity index (χ1n) is 6.49. The van der Waals surface area contributed by atoms with Crippen LogP contribution in [0.5, 0.6) is 0 Å². The molecule has 0 amide bonds. The third kappa shape index (κ3) is 3.27. The summed E-state index contributed by atoms with van der Waals surface area (Å²) in [5.41, 5.74) is 6.25. The SMILES string of the molecule is CC1CCN(CC(N)c2cc(F)ccc2F)CC1. The van der Waals surface area contributed by atoms with Gasteiger partial charge in [0.15, 0.2) is 0 Å². The van der Waals surface area contributed by atoms with Crippen LogP contribution in [0.15, 0.2) is 18.2 Å². The molecule has 0 bridgehead atoms. The van der Waals surface area contributed by atoms with Gasteiger partial charge in [-0.1, -0.05) is 6.92 Å². The maximum atomic E-state index is 13.6. The molecule has 0 radical (unpaired) electrons. The van der Waals surface area contributed by atoms with Crippen LogP contribution in [0.25, 0.3) is 0 Å². The lowest BCUT2D eigenvalue weighted by Gasteiger charge is -2.32. The van der Waals surface area contributed by atoms with E-state index in [2.05, 4.69) is 11.8 Å². The van der Waals surface area contributed by atoms with Crippen molar-refractivity contribution in [1.29, 1.82) is 0 Å². The summed E-state index contributed by atoms with van der Waals surface area (Å²) in [5, 5.41) is 0. The monoisotopic (exact) mass is 254 g/mol. The summed E-state index contributed by atoms with van der Waals surface area (Å²) in [7, 11) is 0. The molecule has 0 aromatic heterocycles. The van der Waals surface area contributed by atoms with Gasteiger partial charge in [0, 0.05) is 18.2 Å². The molecule has 1 aliphatic rings. The predicted molar refractivity (Wildman–Crippen MR) is 68.1 cm³/mol. The molecule has 2 rings (SSSR count). The number of benzene rings is 1. The molecule has 1 atom stereocenters.